The number of hydrogen-bond acceptors (Lipinski definition) is 5. The Hall–Kier alpha value is -2.51. The molecule has 0 unspecified atom stereocenters. The summed E-state index contributed by atoms with van der Waals surface area (Å²) in [5.74, 6) is 1.20. The molecule has 2 saturated heterocycles. The second kappa shape index (κ2) is 9.16. The Morgan fingerprint density at radius 3 is 2.53 bits per heavy atom. The minimum absolute atomic E-state index is 0.269. The molecule has 7 heteroatoms. The second-order valence-corrected chi connectivity index (χ2v) is 9.49. The van der Waals surface area contributed by atoms with Gasteiger partial charge in [-0.2, -0.15) is 4.99 Å². The molecule has 1 aromatic carbocycles. The fourth-order valence-electron chi connectivity index (χ4n) is 4.79. The maximum Gasteiger partial charge on any atom is 0.282 e. The number of nitrogens with one attached hydrogen (secondary N) is 1. The van der Waals surface area contributed by atoms with Gasteiger partial charge in [0.1, 0.15) is 11.7 Å². The predicted molar refractivity (Wildman–Crippen MR) is 127 cm³/mol. The zero-order valence-corrected chi connectivity index (χ0v) is 18.8. The Labute approximate surface area is 189 Å². The number of rotatable bonds is 5. The number of amides is 1. The van der Waals surface area contributed by atoms with Crippen LogP contribution in [-0.2, 0) is 4.74 Å². The lowest BCUT2D eigenvalue weighted by Gasteiger charge is -2.36. The van der Waals surface area contributed by atoms with Crippen molar-refractivity contribution in [1.29, 1.82) is 0 Å². The van der Waals surface area contributed by atoms with Crippen LogP contribution < -0.4 is 16.0 Å². The number of nitrogens with two attached hydrogens (primary N) is 1. The Balaban J connectivity index is 1.37. The van der Waals surface area contributed by atoms with Gasteiger partial charge in [-0.15, -0.1) is 0 Å². The highest BCUT2D eigenvalue weighted by Crippen LogP contribution is 2.31. The summed E-state index contributed by atoms with van der Waals surface area (Å²) in [5.41, 5.74) is 8.68. The maximum absolute atomic E-state index is 13.1. The normalized spacial score (nSPS) is 21.3. The molecule has 0 atom stereocenters. The molecule has 2 aromatic rings. The highest BCUT2D eigenvalue weighted by atomic mass is 16.5. The number of ether oxygens (including phenoxy) is 1. The van der Waals surface area contributed by atoms with E-state index in [2.05, 4.69) is 27.3 Å². The number of fused-ring (bicyclic) bond motifs is 1. The van der Waals surface area contributed by atoms with Crippen molar-refractivity contribution in [3.63, 3.8) is 0 Å². The summed E-state index contributed by atoms with van der Waals surface area (Å²) in [6.07, 6.45) is 6.30. The van der Waals surface area contributed by atoms with Gasteiger partial charge in [0.25, 0.3) is 5.91 Å². The molecule has 0 spiro atoms. The summed E-state index contributed by atoms with van der Waals surface area (Å²) in [6, 6.07) is 9.17. The number of carbonyl (C=O) groups is 1. The summed E-state index contributed by atoms with van der Waals surface area (Å²) in [6.45, 7) is 5.49. The molecule has 2 aliphatic heterocycles. The van der Waals surface area contributed by atoms with E-state index < -0.39 is 0 Å². The van der Waals surface area contributed by atoms with E-state index in [0.717, 1.165) is 87.1 Å². The number of aromatic nitrogens is 1. The van der Waals surface area contributed by atoms with Gasteiger partial charge in [0, 0.05) is 49.7 Å². The Bertz CT molecular complexity index is 1020. The Morgan fingerprint density at radius 2 is 1.81 bits per heavy atom. The number of piperidine rings is 1. The monoisotopic (exact) mass is 435 g/mol. The van der Waals surface area contributed by atoms with E-state index in [-0.39, 0.29) is 11.8 Å². The van der Waals surface area contributed by atoms with Gasteiger partial charge in [0.15, 0.2) is 0 Å². The second-order valence-electron chi connectivity index (χ2n) is 9.49. The van der Waals surface area contributed by atoms with Crippen LogP contribution in [0.5, 0.6) is 0 Å². The van der Waals surface area contributed by atoms with Crippen LogP contribution in [0, 0.1) is 12.8 Å². The average molecular weight is 436 g/mol. The van der Waals surface area contributed by atoms with Crippen molar-refractivity contribution >= 4 is 28.5 Å². The number of amidine groups is 1. The first-order chi connectivity index (χ1) is 15.6. The molecule has 3 fully saturated rings. The molecule has 0 radical (unpaired) electrons. The van der Waals surface area contributed by atoms with Crippen molar-refractivity contribution in [2.45, 2.75) is 57.5 Å². The van der Waals surface area contributed by atoms with Crippen molar-refractivity contribution in [1.82, 2.24) is 10.3 Å². The first-order valence-corrected chi connectivity index (χ1v) is 12.0. The first kappa shape index (κ1) is 21.3. The summed E-state index contributed by atoms with van der Waals surface area (Å²) in [5, 5.41) is 4.78. The molecule has 3 aliphatic rings. The van der Waals surface area contributed by atoms with E-state index >= 15 is 0 Å². The molecule has 3 heterocycles. The molecule has 1 aromatic heterocycles. The highest BCUT2D eigenvalue weighted by molar-refractivity contribution is 6.08. The lowest BCUT2D eigenvalue weighted by atomic mass is 10.0. The molecule has 5 rings (SSSR count). The van der Waals surface area contributed by atoms with Crippen LogP contribution in [0.4, 0.5) is 5.82 Å². The molecule has 1 amide bonds. The number of aryl methyl sites for hydroxylation is 1. The number of hydrogen-bond donors (Lipinski definition) is 2. The van der Waals surface area contributed by atoms with Crippen LogP contribution in [-0.4, -0.2) is 55.1 Å². The maximum atomic E-state index is 13.1. The smallest absolute Gasteiger partial charge is 0.282 e. The van der Waals surface area contributed by atoms with Crippen LogP contribution in [0.15, 0.2) is 29.3 Å². The van der Waals surface area contributed by atoms with E-state index in [1.54, 1.807) is 0 Å². The van der Waals surface area contributed by atoms with Gasteiger partial charge in [0.05, 0.1) is 11.1 Å². The fourth-order valence-corrected chi connectivity index (χ4v) is 4.79. The van der Waals surface area contributed by atoms with Crippen molar-refractivity contribution < 1.29 is 9.53 Å². The fraction of sp³-hybridized carbons (Fsp3) is 0.560. The van der Waals surface area contributed by atoms with E-state index in [9.17, 15) is 4.79 Å². The molecule has 170 valence electrons. The summed E-state index contributed by atoms with van der Waals surface area (Å²) >= 11 is 0. The minimum Gasteiger partial charge on any atom is -0.387 e. The van der Waals surface area contributed by atoms with E-state index in [1.165, 1.54) is 0 Å². The van der Waals surface area contributed by atoms with E-state index in [4.69, 9.17) is 15.5 Å². The molecular formula is C25H33N5O2. The van der Waals surface area contributed by atoms with Crippen LogP contribution in [0.25, 0.3) is 10.9 Å². The Kier molecular flexibility index (Phi) is 6.11. The van der Waals surface area contributed by atoms with Crippen molar-refractivity contribution in [3.8, 4) is 0 Å². The molecule has 0 bridgehead atoms. The van der Waals surface area contributed by atoms with Crippen LogP contribution >= 0.6 is 0 Å². The molecule has 3 N–H and O–H groups in total. The van der Waals surface area contributed by atoms with Crippen LogP contribution in [0.3, 0.4) is 0 Å². The predicted octanol–water partition coefficient (Wildman–Crippen LogP) is 3.19. The number of carbonyl (C=O) groups excluding carboxylic acids is 1. The van der Waals surface area contributed by atoms with Gasteiger partial charge < -0.3 is 20.7 Å². The topological polar surface area (TPSA) is 92.8 Å². The summed E-state index contributed by atoms with van der Waals surface area (Å²) < 4.78 is 5.48. The van der Waals surface area contributed by atoms with Gasteiger partial charge in [-0.1, -0.05) is 11.6 Å². The van der Waals surface area contributed by atoms with Gasteiger partial charge in [-0.25, -0.2) is 4.98 Å². The number of benzene rings is 1. The lowest BCUT2D eigenvalue weighted by molar-refractivity contribution is 0.0738. The zero-order chi connectivity index (χ0) is 22.1. The number of anilines is 1. The minimum atomic E-state index is -0.275. The van der Waals surface area contributed by atoms with Gasteiger partial charge in [-0.3, -0.25) is 4.79 Å². The quantitative estimate of drug-likeness (QED) is 0.554. The summed E-state index contributed by atoms with van der Waals surface area (Å²) in [4.78, 5) is 24.6. The third-order valence-electron chi connectivity index (χ3n) is 6.89. The Morgan fingerprint density at radius 1 is 1.09 bits per heavy atom. The van der Waals surface area contributed by atoms with Gasteiger partial charge in [-0.05, 0) is 63.6 Å². The van der Waals surface area contributed by atoms with Crippen molar-refractivity contribution in [2.24, 2.45) is 16.6 Å². The van der Waals surface area contributed by atoms with Crippen molar-refractivity contribution in [3.05, 3.63) is 35.4 Å². The molecule has 1 saturated carbocycles. The zero-order valence-electron chi connectivity index (χ0n) is 18.8. The average Bonchev–Trinajstić information content (AvgIpc) is 3.65. The third kappa shape index (κ3) is 4.79. The standard InChI is InChI=1S/C25H33N5O2/c1-16-2-5-22-18(14-16)15-21(25(31)29-23(26)17-3-4-17)24(28-22)30-10-6-19(7-11-30)27-20-8-12-32-13-9-20/h2,5,14-15,17,19-20,27H,3-4,6-13H2,1H3,(H2,26,29,31). The summed E-state index contributed by atoms with van der Waals surface area (Å²) in [7, 11) is 0. The number of pyridine rings is 1. The first-order valence-electron chi connectivity index (χ1n) is 12.0. The molecule has 7 nitrogen and oxygen atoms in total. The van der Waals surface area contributed by atoms with Crippen LogP contribution in [0.1, 0.15) is 54.4 Å². The van der Waals surface area contributed by atoms with Crippen molar-refractivity contribution in [2.75, 3.05) is 31.2 Å². The van der Waals surface area contributed by atoms with Gasteiger partial charge in [0.2, 0.25) is 0 Å². The largest absolute Gasteiger partial charge is 0.387 e. The SMILES string of the molecule is Cc1ccc2nc(N3CCC(NC4CCOCC4)CC3)c(C(=O)N=C(N)C3CC3)cc2c1. The molecule has 32 heavy (non-hydrogen) atoms. The van der Waals surface area contributed by atoms with E-state index in [0.29, 0.717) is 23.5 Å². The number of nitrogens with zero attached hydrogens (tertiary/aromatic N) is 3. The molecule has 1 aliphatic carbocycles. The highest BCUT2D eigenvalue weighted by Gasteiger charge is 2.29. The number of aliphatic imine (C=N–C) groups is 1. The molecular weight excluding hydrogens is 402 g/mol. The van der Waals surface area contributed by atoms with E-state index in [1.807, 2.05) is 19.1 Å². The lowest BCUT2D eigenvalue weighted by Crippen LogP contribution is -2.48. The van der Waals surface area contributed by atoms with Crippen LogP contribution in [0.2, 0.25) is 0 Å². The van der Waals surface area contributed by atoms with Gasteiger partial charge >= 0.3 is 0 Å². The third-order valence-corrected chi connectivity index (χ3v) is 6.89.